The quantitative estimate of drug-likeness (QED) is 0.739. The van der Waals surface area contributed by atoms with Crippen LogP contribution in [0.3, 0.4) is 0 Å². The van der Waals surface area contributed by atoms with Crippen molar-refractivity contribution in [3.8, 4) is 0 Å². The van der Waals surface area contributed by atoms with Crippen molar-refractivity contribution >= 4 is 32.6 Å². The smallest absolute Gasteiger partial charge is 0.139 e. The maximum atomic E-state index is 13.4. The molecular weight excluding hydrogens is 309 g/mol. The highest BCUT2D eigenvalue weighted by molar-refractivity contribution is 9.10. The highest BCUT2D eigenvalue weighted by Gasteiger charge is 2.05. The van der Waals surface area contributed by atoms with E-state index < -0.39 is 0 Å². The Kier molecular flexibility index (Phi) is 3.25. The van der Waals surface area contributed by atoms with Gasteiger partial charge in [0.2, 0.25) is 0 Å². The third kappa shape index (κ3) is 2.49. The summed E-state index contributed by atoms with van der Waals surface area (Å²) in [5.74, 6) is -0.276. The molecule has 0 aliphatic heterocycles. The molecule has 96 valence electrons. The number of benzene rings is 2. The second kappa shape index (κ2) is 5.05. The molecule has 0 spiro atoms. The number of rotatable bonds is 3. The van der Waals surface area contributed by atoms with E-state index in [0.717, 1.165) is 22.2 Å². The van der Waals surface area contributed by atoms with Gasteiger partial charge in [-0.25, -0.2) is 4.39 Å². The molecule has 0 amide bonds. The molecule has 0 atom stereocenters. The topological polar surface area (TPSA) is 25.2 Å². The number of hydrogen-bond acceptors (Lipinski definition) is 2. The van der Waals surface area contributed by atoms with E-state index in [-0.39, 0.29) is 5.82 Å². The van der Waals surface area contributed by atoms with Gasteiger partial charge in [0, 0.05) is 23.2 Å². The van der Waals surface area contributed by atoms with Gasteiger partial charge < -0.3 is 9.73 Å². The molecule has 3 aromatic rings. The molecule has 0 fully saturated rings. The Morgan fingerprint density at radius 3 is 2.84 bits per heavy atom. The summed E-state index contributed by atoms with van der Waals surface area (Å²) >= 11 is 3.13. The van der Waals surface area contributed by atoms with Gasteiger partial charge in [-0.05, 0) is 40.2 Å². The molecule has 2 nitrogen and oxygen atoms in total. The molecule has 0 bridgehead atoms. The number of furan rings is 1. The second-order valence-electron chi connectivity index (χ2n) is 4.24. The van der Waals surface area contributed by atoms with Crippen molar-refractivity contribution in [1.82, 2.24) is 0 Å². The maximum absolute atomic E-state index is 13.4. The van der Waals surface area contributed by atoms with Crippen LogP contribution in [0.5, 0.6) is 0 Å². The normalized spacial score (nSPS) is 10.8. The summed E-state index contributed by atoms with van der Waals surface area (Å²) in [6.07, 6.45) is 1.73. The van der Waals surface area contributed by atoms with Crippen LogP contribution in [-0.2, 0) is 6.54 Å². The summed E-state index contributed by atoms with van der Waals surface area (Å²) in [5, 5.41) is 4.26. The molecule has 0 radical (unpaired) electrons. The van der Waals surface area contributed by atoms with Crippen LogP contribution in [-0.4, -0.2) is 0 Å². The lowest BCUT2D eigenvalue weighted by Gasteiger charge is -2.06. The Morgan fingerprint density at radius 2 is 2.00 bits per heavy atom. The number of halogens is 2. The fraction of sp³-hybridized carbons (Fsp3) is 0.0667. The van der Waals surface area contributed by atoms with Crippen LogP contribution >= 0.6 is 15.9 Å². The van der Waals surface area contributed by atoms with E-state index in [4.69, 9.17) is 4.42 Å². The molecule has 0 unspecified atom stereocenters. The van der Waals surface area contributed by atoms with Gasteiger partial charge in [0.25, 0.3) is 0 Å². The van der Waals surface area contributed by atoms with Crippen molar-refractivity contribution in [3.05, 3.63) is 64.6 Å². The van der Waals surface area contributed by atoms with E-state index in [1.165, 1.54) is 6.07 Å². The molecule has 1 N–H and O–H groups in total. The van der Waals surface area contributed by atoms with Crippen molar-refractivity contribution in [2.75, 3.05) is 5.32 Å². The SMILES string of the molecule is Fc1cc(NCc2coc3ccccc23)ccc1Br. The van der Waals surface area contributed by atoms with Crippen molar-refractivity contribution in [1.29, 1.82) is 0 Å². The van der Waals surface area contributed by atoms with Crippen molar-refractivity contribution in [2.45, 2.75) is 6.54 Å². The number of nitrogens with one attached hydrogen (secondary N) is 1. The monoisotopic (exact) mass is 319 g/mol. The van der Waals surface area contributed by atoms with Crippen molar-refractivity contribution in [3.63, 3.8) is 0 Å². The van der Waals surface area contributed by atoms with Gasteiger partial charge in [-0.3, -0.25) is 0 Å². The number of fused-ring (bicyclic) bond motifs is 1. The predicted molar refractivity (Wildman–Crippen MR) is 77.6 cm³/mol. The average molecular weight is 320 g/mol. The van der Waals surface area contributed by atoms with E-state index in [9.17, 15) is 4.39 Å². The Morgan fingerprint density at radius 1 is 1.16 bits per heavy atom. The Bertz CT molecular complexity index is 723. The zero-order valence-corrected chi connectivity index (χ0v) is 11.6. The molecular formula is C15H11BrFNO. The fourth-order valence-electron chi connectivity index (χ4n) is 1.97. The molecule has 4 heteroatoms. The van der Waals surface area contributed by atoms with Crippen LogP contribution in [0.1, 0.15) is 5.56 Å². The minimum absolute atomic E-state index is 0.276. The van der Waals surface area contributed by atoms with E-state index >= 15 is 0 Å². The van der Waals surface area contributed by atoms with Crippen molar-refractivity contribution in [2.24, 2.45) is 0 Å². The summed E-state index contributed by atoms with van der Waals surface area (Å²) < 4.78 is 19.3. The molecule has 0 saturated carbocycles. The van der Waals surface area contributed by atoms with Gasteiger partial charge in [0.05, 0.1) is 10.7 Å². The summed E-state index contributed by atoms with van der Waals surface area (Å²) in [6.45, 7) is 0.595. The number of anilines is 1. The third-order valence-electron chi connectivity index (χ3n) is 2.96. The van der Waals surface area contributed by atoms with Gasteiger partial charge in [0.15, 0.2) is 0 Å². The zero-order valence-electron chi connectivity index (χ0n) is 9.99. The van der Waals surface area contributed by atoms with Crippen LogP contribution in [0.15, 0.2) is 57.6 Å². The van der Waals surface area contributed by atoms with Crippen LogP contribution in [0.25, 0.3) is 11.0 Å². The highest BCUT2D eigenvalue weighted by atomic mass is 79.9. The molecule has 0 saturated heterocycles. The molecule has 0 aliphatic rings. The van der Waals surface area contributed by atoms with Gasteiger partial charge >= 0.3 is 0 Å². The first-order chi connectivity index (χ1) is 9.24. The van der Waals surface area contributed by atoms with Gasteiger partial charge in [0.1, 0.15) is 11.4 Å². The third-order valence-corrected chi connectivity index (χ3v) is 3.61. The lowest BCUT2D eigenvalue weighted by Crippen LogP contribution is -1.99. The molecule has 1 heterocycles. The Hall–Kier alpha value is -1.81. The summed E-state index contributed by atoms with van der Waals surface area (Å²) in [5.41, 5.74) is 2.66. The summed E-state index contributed by atoms with van der Waals surface area (Å²) in [7, 11) is 0. The lowest BCUT2D eigenvalue weighted by molar-refractivity contribution is 0.611. The van der Waals surface area contributed by atoms with Crippen LogP contribution in [0.4, 0.5) is 10.1 Å². The van der Waals surface area contributed by atoms with Gasteiger partial charge in [-0.2, -0.15) is 0 Å². The summed E-state index contributed by atoms with van der Waals surface area (Å²) in [4.78, 5) is 0. The molecule has 19 heavy (non-hydrogen) atoms. The highest BCUT2D eigenvalue weighted by Crippen LogP contribution is 2.23. The van der Waals surface area contributed by atoms with Crippen LogP contribution in [0.2, 0.25) is 0 Å². The van der Waals surface area contributed by atoms with Gasteiger partial charge in [-0.1, -0.05) is 18.2 Å². The second-order valence-corrected chi connectivity index (χ2v) is 5.09. The fourth-order valence-corrected chi connectivity index (χ4v) is 2.22. The lowest BCUT2D eigenvalue weighted by atomic mass is 10.2. The Labute approximate surface area is 118 Å². The van der Waals surface area contributed by atoms with Gasteiger partial charge in [-0.15, -0.1) is 0 Å². The van der Waals surface area contributed by atoms with Crippen molar-refractivity contribution < 1.29 is 8.81 Å². The van der Waals surface area contributed by atoms with Crippen LogP contribution < -0.4 is 5.32 Å². The Balaban J connectivity index is 1.80. The predicted octanol–water partition coefficient (Wildman–Crippen LogP) is 4.95. The minimum atomic E-state index is -0.276. The van der Waals surface area contributed by atoms with E-state index in [1.807, 2.05) is 30.3 Å². The summed E-state index contributed by atoms with van der Waals surface area (Å²) in [6, 6.07) is 12.8. The average Bonchev–Trinajstić information content (AvgIpc) is 2.83. The van der Waals surface area contributed by atoms with E-state index in [0.29, 0.717) is 11.0 Å². The molecule has 3 rings (SSSR count). The standard InChI is InChI=1S/C15H11BrFNO/c16-13-6-5-11(7-14(13)17)18-8-10-9-19-15-4-2-1-3-12(10)15/h1-7,9,18H,8H2. The van der Waals surface area contributed by atoms with Crippen LogP contribution in [0, 0.1) is 5.82 Å². The first-order valence-corrected chi connectivity index (χ1v) is 6.67. The largest absolute Gasteiger partial charge is 0.464 e. The number of para-hydroxylation sites is 1. The molecule has 1 aromatic heterocycles. The minimum Gasteiger partial charge on any atom is -0.464 e. The molecule has 2 aromatic carbocycles. The molecule has 0 aliphatic carbocycles. The number of hydrogen-bond donors (Lipinski definition) is 1. The first-order valence-electron chi connectivity index (χ1n) is 5.88. The zero-order chi connectivity index (χ0) is 13.2. The van der Waals surface area contributed by atoms with E-state index in [2.05, 4.69) is 21.2 Å². The van der Waals surface area contributed by atoms with E-state index in [1.54, 1.807) is 12.3 Å². The first kappa shape index (κ1) is 12.2. The maximum Gasteiger partial charge on any atom is 0.139 e.